The minimum absolute atomic E-state index is 0.146. The third-order valence-corrected chi connectivity index (χ3v) is 3.72. The van der Waals surface area contributed by atoms with Crippen LogP contribution in [0.4, 0.5) is 0 Å². The van der Waals surface area contributed by atoms with Crippen LogP contribution in [-0.4, -0.2) is 0 Å². The van der Waals surface area contributed by atoms with Gasteiger partial charge in [-0.05, 0) is 37.0 Å². The molecule has 1 aromatic carbocycles. The predicted octanol–water partition coefficient (Wildman–Crippen LogP) is 3.15. The van der Waals surface area contributed by atoms with Gasteiger partial charge in [0.15, 0.2) is 0 Å². The van der Waals surface area contributed by atoms with Crippen LogP contribution in [0.2, 0.25) is 0 Å². The van der Waals surface area contributed by atoms with Gasteiger partial charge in [0.25, 0.3) is 0 Å². The summed E-state index contributed by atoms with van der Waals surface area (Å²) in [5, 5.41) is 0. The highest BCUT2D eigenvalue weighted by Gasteiger charge is 2.10. The third kappa shape index (κ3) is 2.91. The Labute approximate surface area is 99.7 Å². The molecule has 0 aliphatic carbocycles. The van der Waals surface area contributed by atoms with E-state index in [1.165, 1.54) is 21.2 Å². The lowest BCUT2D eigenvalue weighted by Crippen LogP contribution is -2.27. The van der Waals surface area contributed by atoms with E-state index in [1.807, 2.05) is 6.08 Å². The van der Waals surface area contributed by atoms with E-state index in [2.05, 4.69) is 53.9 Å². The highest BCUT2D eigenvalue weighted by Crippen LogP contribution is 2.26. The normalized spacial score (nSPS) is 12.5. The number of hydrogen-bond donors (Lipinski definition) is 2. The van der Waals surface area contributed by atoms with E-state index in [9.17, 15) is 0 Å². The van der Waals surface area contributed by atoms with Crippen LogP contribution in [0.15, 0.2) is 29.3 Å². The van der Waals surface area contributed by atoms with Crippen LogP contribution >= 0.6 is 15.9 Å². The van der Waals surface area contributed by atoms with Gasteiger partial charge in [-0.25, -0.2) is 0 Å². The zero-order valence-electron chi connectivity index (χ0n) is 9.18. The molecule has 0 aliphatic heterocycles. The van der Waals surface area contributed by atoms with Crippen molar-refractivity contribution in [1.29, 1.82) is 0 Å². The zero-order valence-corrected chi connectivity index (χ0v) is 10.8. The van der Waals surface area contributed by atoms with Crippen LogP contribution < -0.4 is 11.3 Å². The summed E-state index contributed by atoms with van der Waals surface area (Å²) < 4.78 is 1.17. The van der Waals surface area contributed by atoms with Crippen molar-refractivity contribution < 1.29 is 0 Å². The maximum absolute atomic E-state index is 5.52. The topological polar surface area (TPSA) is 38.0 Å². The van der Waals surface area contributed by atoms with Gasteiger partial charge in [-0.3, -0.25) is 11.3 Å². The maximum Gasteiger partial charge on any atom is 0.0494 e. The number of hydrazine groups is 1. The molecule has 3 N–H and O–H groups in total. The molecule has 0 saturated carbocycles. The first-order chi connectivity index (χ1) is 7.10. The van der Waals surface area contributed by atoms with Gasteiger partial charge in [-0.15, -0.1) is 6.58 Å². The minimum Gasteiger partial charge on any atom is -0.271 e. The van der Waals surface area contributed by atoms with Gasteiger partial charge >= 0.3 is 0 Å². The van der Waals surface area contributed by atoms with Gasteiger partial charge in [-0.2, -0.15) is 0 Å². The van der Waals surface area contributed by atoms with E-state index in [0.717, 1.165) is 6.42 Å². The molecule has 0 amide bonds. The second-order valence-corrected chi connectivity index (χ2v) is 4.51. The molecule has 0 saturated heterocycles. The highest BCUT2D eigenvalue weighted by molar-refractivity contribution is 9.10. The van der Waals surface area contributed by atoms with E-state index in [-0.39, 0.29) is 6.04 Å². The summed E-state index contributed by atoms with van der Waals surface area (Å²) in [6.07, 6.45) is 2.70. The largest absolute Gasteiger partial charge is 0.271 e. The van der Waals surface area contributed by atoms with E-state index in [0.29, 0.717) is 0 Å². The molecule has 0 bridgehead atoms. The number of aryl methyl sites for hydroxylation is 2. The monoisotopic (exact) mass is 268 g/mol. The lowest BCUT2D eigenvalue weighted by Gasteiger charge is -2.16. The number of halogens is 1. The Morgan fingerprint density at radius 3 is 2.40 bits per heavy atom. The lowest BCUT2D eigenvalue weighted by molar-refractivity contribution is 0.561. The van der Waals surface area contributed by atoms with Crippen molar-refractivity contribution in [2.45, 2.75) is 26.3 Å². The summed E-state index contributed by atoms with van der Waals surface area (Å²) in [5.74, 6) is 5.52. The Hall–Kier alpha value is -0.640. The summed E-state index contributed by atoms with van der Waals surface area (Å²) in [6, 6.07) is 4.43. The Kier molecular flexibility index (Phi) is 4.51. The average Bonchev–Trinajstić information content (AvgIpc) is 2.22. The van der Waals surface area contributed by atoms with E-state index in [4.69, 9.17) is 5.84 Å². The van der Waals surface area contributed by atoms with E-state index in [1.54, 1.807) is 0 Å². The Balaban J connectivity index is 3.08. The van der Waals surface area contributed by atoms with Crippen molar-refractivity contribution in [2.24, 2.45) is 5.84 Å². The zero-order chi connectivity index (χ0) is 11.4. The fourth-order valence-electron chi connectivity index (χ4n) is 1.65. The van der Waals surface area contributed by atoms with E-state index >= 15 is 0 Å². The van der Waals surface area contributed by atoms with Gasteiger partial charge in [-0.1, -0.05) is 34.1 Å². The molecule has 3 heteroatoms. The fourth-order valence-corrected chi connectivity index (χ4v) is 1.88. The molecule has 15 heavy (non-hydrogen) atoms. The van der Waals surface area contributed by atoms with Gasteiger partial charge in [0.2, 0.25) is 0 Å². The SMILES string of the molecule is C=CCC(NN)c1cc(C)c(Br)c(C)c1. The van der Waals surface area contributed by atoms with Crippen LogP contribution in [0.3, 0.4) is 0 Å². The van der Waals surface area contributed by atoms with Crippen LogP contribution in [0.5, 0.6) is 0 Å². The molecule has 82 valence electrons. The van der Waals surface area contributed by atoms with Gasteiger partial charge in [0.1, 0.15) is 0 Å². The summed E-state index contributed by atoms with van der Waals surface area (Å²) in [6.45, 7) is 7.90. The third-order valence-electron chi connectivity index (χ3n) is 2.46. The molecule has 1 atom stereocenters. The van der Waals surface area contributed by atoms with Crippen LogP contribution in [0.25, 0.3) is 0 Å². The van der Waals surface area contributed by atoms with Gasteiger partial charge < -0.3 is 0 Å². The molecule has 0 radical (unpaired) electrons. The Morgan fingerprint density at radius 2 is 2.00 bits per heavy atom. The molecule has 0 aromatic heterocycles. The number of nitrogens with one attached hydrogen (secondary N) is 1. The summed E-state index contributed by atoms with van der Waals surface area (Å²) in [7, 11) is 0. The van der Waals surface area contributed by atoms with Crippen molar-refractivity contribution in [3.63, 3.8) is 0 Å². The fraction of sp³-hybridized carbons (Fsp3) is 0.333. The number of nitrogens with two attached hydrogens (primary N) is 1. The second kappa shape index (κ2) is 5.45. The van der Waals surface area contributed by atoms with Crippen LogP contribution in [0.1, 0.15) is 29.2 Å². The second-order valence-electron chi connectivity index (χ2n) is 3.71. The van der Waals surface area contributed by atoms with E-state index < -0.39 is 0 Å². The Bertz CT molecular complexity index is 338. The molecule has 0 heterocycles. The van der Waals surface area contributed by atoms with Crippen molar-refractivity contribution >= 4 is 15.9 Å². The average molecular weight is 269 g/mol. The first-order valence-electron chi connectivity index (χ1n) is 4.93. The summed E-state index contributed by atoms with van der Waals surface area (Å²) >= 11 is 3.55. The standard InChI is InChI=1S/C12H17BrN2/c1-4-5-11(15-14)10-6-8(2)12(13)9(3)7-10/h4,6-7,11,15H,1,5,14H2,2-3H3. The minimum atomic E-state index is 0.146. The lowest BCUT2D eigenvalue weighted by atomic mass is 10.00. The predicted molar refractivity (Wildman–Crippen MR) is 68.5 cm³/mol. The number of rotatable bonds is 4. The molecule has 0 spiro atoms. The first kappa shape index (κ1) is 12.4. The molecule has 0 fully saturated rings. The maximum atomic E-state index is 5.52. The molecule has 1 aromatic rings. The molecule has 0 aliphatic rings. The van der Waals surface area contributed by atoms with Crippen molar-refractivity contribution in [1.82, 2.24) is 5.43 Å². The van der Waals surface area contributed by atoms with Gasteiger partial charge in [0.05, 0.1) is 0 Å². The van der Waals surface area contributed by atoms with Crippen LogP contribution in [0, 0.1) is 13.8 Å². The number of hydrogen-bond acceptors (Lipinski definition) is 2. The molecule has 1 rings (SSSR count). The highest BCUT2D eigenvalue weighted by atomic mass is 79.9. The number of benzene rings is 1. The molecule has 2 nitrogen and oxygen atoms in total. The summed E-state index contributed by atoms with van der Waals surface area (Å²) in [5.41, 5.74) is 6.47. The molecular weight excluding hydrogens is 252 g/mol. The quantitative estimate of drug-likeness (QED) is 0.500. The smallest absolute Gasteiger partial charge is 0.0494 e. The first-order valence-corrected chi connectivity index (χ1v) is 5.73. The van der Waals surface area contributed by atoms with Crippen LogP contribution in [-0.2, 0) is 0 Å². The Morgan fingerprint density at radius 1 is 1.47 bits per heavy atom. The van der Waals surface area contributed by atoms with Crippen molar-refractivity contribution in [2.75, 3.05) is 0 Å². The molecule has 1 unspecified atom stereocenters. The van der Waals surface area contributed by atoms with Gasteiger partial charge in [0, 0.05) is 10.5 Å². The van der Waals surface area contributed by atoms with Crippen molar-refractivity contribution in [3.8, 4) is 0 Å². The summed E-state index contributed by atoms with van der Waals surface area (Å²) in [4.78, 5) is 0. The molecular formula is C12H17BrN2. The van der Waals surface area contributed by atoms with Crippen molar-refractivity contribution in [3.05, 3.63) is 46.0 Å².